The van der Waals surface area contributed by atoms with Gasteiger partial charge >= 0.3 is 0 Å². The number of carbonyl (C=O) groups excluding carboxylic acids is 2. The third-order valence-electron chi connectivity index (χ3n) is 3.42. The molecule has 0 spiro atoms. The summed E-state index contributed by atoms with van der Waals surface area (Å²) in [6.45, 7) is 2.01. The molecule has 5 nitrogen and oxygen atoms in total. The number of benzene rings is 2. The molecule has 0 unspecified atom stereocenters. The van der Waals surface area contributed by atoms with Crippen LogP contribution in [0.1, 0.15) is 22.8 Å². The molecule has 0 aliphatic carbocycles. The van der Waals surface area contributed by atoms with Crippen molar-refractivity contribution in [2.45, 2.75) is 6.92 Å². The number of anilines is 1. The molecular weight excluding hydrogens is 370 g/mol. The first kappa shape index (κ1) is 17.7. The van der Waals surface area contributed by atoms with Gasteiger partial charge in [0.15, 0.2) is 0 Å². The van der Waals surface area contributed by atoms with E-state index in [9.17, 15) is 14.9 Å². The number of nitrogens with zero attached hydrogens (tertiary/aromatic N) is 2. The van der Waals surface area contributed by atoms with Crippen LogP contribution in [0.5, 0.6) is 0 Å². The van der Waals surface area contributed by atoms with Gasteiger partial charge in [-0.2, -0.15) is 5.26 Å². The van der Waals surface area contributed by atoms with Crippen molar-refractivity contribution in [3.8, 4) is 6.07 Å². The number of rotatable bonds is 5. The maximum absolute atomic E-state index is 12.1. The second-order valence-electron chi connectivity index (χ2n) is 5.06. The van der Waals surface area contributed by atoms with E-state index in [0.29, 0.717) is 16.8 Å². The molecule has 2 aromatic carbocycles. The van der Waals surface area contributed by atoms with Gasteiger partial charge < -0.3 is 10.2 Å². The van der Waals surface area contributed by atoms with Crippen molar-refractivity contribution >= 4 is 33.4 Å². The summed E-state index contributed by atoms with van der Waals surface area (Å²) in [6, 6.07) is 16.0. The predicted octanol–water partition coefficient (Wildman–Crippen LogP) is 3.10. The van der Waals surface area contributed by atoms with Crippen LogP contribution in [-0.4, -0.2) is 24.9 Å². The Labute approximate surface area is 149 Å². The summed E-state index contributed by atoms with van der Waals surface area (Å²) >= 11 is 3.32. The number of nitrogens with one attached hydrogen (secondary N) is 1. The molecular formula is C18H16BrN3O2. The van der Waals surface area contributed by atoms with Crippen molar-refractivity contribution in [1.82, 2.24) is 5.32 Å². The number of amides is 2. The van der Waals surface area contributed by atoms with E-state index >= 15 is 0 Å². The Morgan fingerprint density at radius 2 is 1.83 bits per heavy atom. The average Bonchev–Trinajstić information content (AvgIpc) is 2.59. The van der Waals surface area contributed by atoms with Crippen LogP contribution in [0.15, 0.2) is 53.0 Å². The van der Waals surface area contributed by atoms with Crippen LogP contribution < -0.4 is 10.2 Å². The molecule has 0 saturated heterocycles. The zero-order valence-electron chi connectivity index (χ0n) is 13.1. The summed E-state index contributed by atoms with van der Waals surface area (Å²) < 4.78 is 0.898. The average molecular weight is 386 g/mol. The van der Waals surface area contributed by atoms with Gasteiger partial charge in [-0.25, -0.2) is 0 Å². The smallest absolute Gasteiger partial charge is 0.251 e. The summed E-state index contributed by atoms with van der Waals surface area (Å²) in [6.07, 6.45) is 0. The van der Waals surface area contributed by atoms with Gasteiger partial charge in [-0.05, 0) is 36.4 Å². The molecule has 0 aliphatic rings. The van der Waals surface area contributed by atoms with E-state index in [4.69, 9.17) is 0 Å². The van der Waals surface area contributed by atoms with Crippen LogP contribution in [0.4, 0.5) is 5.69 Å². The third-order valence-corrected chi connectivity index (χ3v) is 3.95. The summed E-state index contributed by atoms with van der Waals surface area (Å²) in [5.41, 5.74) is 1.52. The van der Waals surface area contributed by atoms with E-state index in [1.54, 1.807) is 48.5 Å². The van der Waals surface area contributed by atoms with Gasteiger partial charge in [-0.1, -0.05) is 28.1 Å². The first-order chi connectivity index (χ1) is 11.5. The molecule has 6 heteroatoms. The molecule has 0 aliphatic heterocycles. The largest absolute Gasteiger partial charge is 0.350 e. The van der Waals surface area contributed by atoms with Crippen molar-refractivity contribution < 1.29 is 9.59 Å². The van der Waals surface area contributed by atoms with Crippen molar-refractivity contribution in [2.75, 3.05) is 18.0 Å². The highest BCUT2D eigenvalue weighted by Gasteiger charge is 2.15. The van der Waals surface area contributed by atoms with Gasteiger partial charge in [-0.15, -0.1) is 0 Å². The van der Waals surface area contributed by atoms with Crippen LogP contribution in [0.3, 0.4) is 0 Å². The van der Waals surface area contributed by atoms with Crippen LogP contribution in [0, 0.1) is 11.3 Å². The topological polar surface area (TPSA) is 73.2 Å². The first-order valence-corrected chi connectivity index (χ1v) is 8.13. The minimum absolute atomic E-state index is 0.185. The molecule has 2 aromatic rings. The molecule has 2 rings (SSSR count). The Kier molecular flexibility index (Phi) is 6.10. The summed E-state index contributed by atoms with van der Waals surface area (Å²) in [7, 11) is 0. The Bertz CT molecular complexity index is 782. The van der Waals surface area contributed by atoms with Gasteiger partial charge in [0, 0.05) is 30.0 Å². The van der Waals surface area contributed by atoms with Crippen LogP contribution in [0.2, 0.25) is 0 Å². The maximum Gasteiger partial charge on any atom is 0.251 e. The Morgan fingerprint density at radius 1 is 1.17 bits per heavy atom. The van der Waals surface area contributed by atoms with Crippen LogP contribution in [-0.2, 0) is 4.79 Å². The van der Waals surface area contributed by atoms with E-state index in [2.05, 4.69) is 27.3 Å². The highest BCUT2D eigenvalue weighted by atomic mass is 79.9. The molecule has 0 bridgehead atoms. The van der Waals surface area contributed by atoms with Crippen molar-refractivity contribution in [2.24, 2.45) is 0 Å². The molecule has 0 fully saturated rings. The normalized spacial score (nSPS) is 9.88. The lowest BCUT2D eigenvalue weighted by molar-refractivity contribution is -0.116. The predicted molar refractivity (Wildman–Crippen MR) is 95.7 cm³/mol. The SMILES string of the molecule is CC(=O)N(CCNC(=O)c1ccc(Br)cc1)c1ccccc1C#N. The summed E-state index contributed by atoms with van der Waals surface area (Å²) in [5.74, 6) is -0.393. The lowest BCUT2D eigenvalue weighted by Crippen LogP contribution is -2.38. The second-order valence-corrected chi connectivity index (χ2v) is 5.98. The molecule has 0 aromatic heterocycles. The van der Waals surface area contributed by atoms with E-state index in [0.717, 1.165) is 4.47 Å². The summed E-state index contributed by atoms with van der Waals surface area (Å²) in [4.78, 5) is 25.5. The minimum Gasteiger partial charge on any atom is -0.350 e. The quantitative estimate of drug-likeness (QED) is 0.858. The Balaban J connectivity index is 2.02. The number of nitriles is 1. The fourth-order valence-electron chi connectivity index (χ4n) is 2.24. The highest BCUT2D eigenvalue weighted by molar-refractivity contribution is 9.10. The van der Waals surface area contributed by atoms with E-state index in [1.165, 1.54) is 11.8 Å². The fraction of sp³-hybridized carbons (Fsp3) is 0.167. The third kappa shape index (κ3) is 4.43. The number of hydrogen-bond donors (Lipinski definition) is 1. The van der Waals surface area contributed by atoms with Crippen molar-refractivity contribution in [3.05, 3.63) is 64.1 Å². The molecule has 2 amide bonds. The lowest BCUT2D eigenvalue weighted by Gasteiger charge is -2.22. The number of hydrogen-bond acceptors (Lipinski definition) is 3. The van der Waals surface area contributed by atoms with Crippen LogP contribution in [0.25, 0.3) is 0 Å². The van der Waals surface area contributed by atoms with E-state index in [-0.39, 0.29) is 24.9 Å². The zero-order chi connectivity index (χ0) is 17.5. The van der Waals surface area contributed by atoms with Crippen molar-refractivity contribution in [3.63, 3.8) is 0 Å². The second kappa shape index (κ2) is 8.27. The molecule has 1 N–H and O–H groups in total. The molecule has 0 radical (unpaired) electrons. The lowest BCUT2D eigenvalue weighted by atomic mass is 10.1. The van der Waals surface area contributed by atoms with E-state index < -0.39 is 0 Å². The number of carbonyl (C=O) groups is 2. The minimum atomic E-state index is -0.209. The van der Waals surface area contributed by atoms with Crippen molar-refractivity contribution in [1.29, 1.82) is 5.26 Å². The Morgan fingerprint density at radius 3 is 2.46 bits per heavy atom. The van der Waals surface area contributed by atoms with Gasteiger partial charge in [-0.3, -0.25) is 9.59 Å². The molecule has 0 atom stereocenters. The first-order valence-electron chi connectivity index (χ1n) is 7.34. The van der Waals surface area contributed by atoms with E-state index in [1.807, 2.05) is 0 Å². The van der Waals surface area contributed by atoms with Gasteiger partial charge in [0.1, 0.15) is 6.07 Å². The fourth-order valence-corrected chi connectivity index (χ4v) is 2.50. The van der Waals surface area contributed by atoms with Gasteiger partial charge in [0.2, 0.25) is 5.91 Å². The standard InChI is InChI=1S/C18H16BrN3O2/c1-13(23)22(17-5-3-2-4-15(17)12-20)11-10-21-18(24)14-6-8-16(19)9-7-14/h2-9H,10-11H2,1H3,(H,21,24). The molecule has 0 saturated carbocycles. The van der Waals surface area contributed by atoms with Crippen LogP contribution >= 0.6 is 15.9 Å². The summed E-state index contributed by atoms with van der Waals surface area (Å²) in [5, 5.41) is 12.0. The highest BCUT2D eigenvalue weighted by Crippen LogP contribution is 2.19. The van der Waals surface area contributed by atoms with Gasteiger partial charge in [0.05, 0.1) is 11.3 Å². The molecule has 0 heterocycles. The molecule has 122 valence electrons. The Hall–Kier alpha value is -2.65. The number of halogens is 1. The maximum atomic E-state index is 12.1. The molecule has 24 heavy (non-hydrogen) atoms. The number of para-hydroxylation sites is 1. The zero-order valence-corrected chi connectivity index (χ0v) is 14.7. The van der Waals surface area contributed by atoms with Gasteiger partial charge in [0.25, 0.3) is 5.91 Å². The monoisotopic (exact) mass is 385 g/mol.